The van der Waals surface area contributed by atoms with Crippen LogP contribution in [0.2, 0.25) is 5.02 Å². The van der Waals surface area contributed by atoms with Crippen LogP contribution in [0.5, 0.6) is 0 Å². The number of nitrogens with zero attached hydrogens (tertiary/aromatic N) is 2. The van der Waals surface area contributed by atoms with E-state index in [1.807, 2.05) is 12.1 Å². The molecule has 3 fully saturated rings. The van der Waals surface area contributed by atoms with Gasteiger partial charge in [-0.2, -0.15) is 0 Å². The number of piperidine rings is 3. The smallest absolute Gasteiger partial charge is 0.0640 e. The monoisotopic (exact) mass is 414 g/mol. The highest BCUT2D eigenvalue weighted by Crippen LogP contribution is 2.40. The van der Waals surface area contributed by atoms with Gasteiger partial charge in [-0.3, -0.25) is 9.89 Å². The molecule has 3 heterocycles. The van der Waals surface area contributed by atoms with Crippen LogP contribution < -0.4 is 0 Å². The lowest BCUT2D eigenvalue weighted by Gasteiger charge is -2.49. The third-order valence-electron chi connectivity index (χ3n) is 6.63. The number of hydrogen-bond donors (Lipinski definition) is 0. The van der Waals surface area contributed by atoms with Crippen LogP contribution in [0.3, 0.4) is 0 Å². The Morgan fingerprint density at radius 2 is 1.37 bits per heavy atom. The lowest BCUT2D eigenvalue weighted by molar-refractivity contribution is 0.135. The Labute approximate surface area is 184 Å². The SMILES string of the molecule is Clc1ccc(C/N=C2\C3CCN(CC3)C2C(c2ccccc2)c2ccccc2)cc1. The van der Waals surface area contributed by atoms with Crippen molar-refractivity contribution in [2.45, 2.75) is 31.3 Å². The Morgan fingerprint density at radius 1 is 0.800 bits per heavy atom. The summed E-state index contributed by atoms with van der Waals surface area (Å²) < 4.78 is 0. The Morgan fingerprint density at radius 3 is 1.93 bits per heavy atom. The van der Waals surface area contributed by atoms with Crippen LogP contribution in [0.25, 0.3) is 0 Å². The van der Waals surface area contributed by atoms with Gasteiger partial charge in [0, 0.05) is 22.6 Å². The van der Waals surface area contributed by atoms with Crippen LogP contribution in [-0.2, 0) is 6.54 Å². The molecular formula is C27H27ClN2. The Bertz CT molecular complexity index is 951. The summed E-state index contributed by atoms with van der Waals surface area (Å²) in [7, 11) is 0. The molecule has 3 heteroatoms. The van der Waals surface area contributed by atoms with Gasteiger partial charge in [0.1, 0.15) is 0 Å². The molecule has 0 N–H and O–H groups in total. The van der Waals surface area contributed by atoms with Crippen molar-refractivity contribution in [3.05, 3.63) is 107 Å². The summed E-state index contributed by atoms with van der Waals surface area (Å²) in [4.78, 5) is 7.92. The van der Waals surface area contributed by atoms with Crippen LogP contribution in [0.15, 0.2) is 89.9 Å². The van der Waals surface area contributed by atoms with E-state index in [1.165, 1.54) is 48.3 Å². The normalized spacial score (nSPS) is 24.5. The van der Waals surface area contributed by atoms with Crippen LogP contribution in [0.1, 0.15) is 35.4 Å². The van der Waals surface area contributed by atoms with Gasteiger partial charge < -0.3 is 0 Å². The topological polar surface area (TPSA) is 15.6 Å². The predicted molar refractivity (Wildman–Crippen MR) is 125 cm³/mol. The van der Waals surface area contributed by atoms with Crippen LogP contribution in [-0.4, -0.2) is 29.7 Å². The maximum Gasteiger partial charge on any atom is 0.0640 e. The summed E-state index contributed by atoms with van der Waals surface area (Å²) >= 11 is 6.07. The predicted octanol–water partition coefficient (Wildman–Crippen LogP) is 6.21. The van der Waals surface area contributed by atoms with E-state index in [1.54, 1.807) is 0 Å². The molecule has 3 aliphatic heterocycles. The van der Waals surface area contributed by atoms with Crippen LogP contribution in [0, 0.1) is 5.92 Å². The molecule has 3 aromatic rings. The first-order chi connectivity index (χ1) is 14.8. The molecule has 6 rings (SSSR count). The van der Waals surface area contributed by atoms with Crippen LogP contribution in [0.4, 0.5) is 0 Å². The molecule has 2 nitrogen and oxygen atoms in total. The van der Waals surface area contributed by atoms with Gasteiger partial charge >= 0.3 is 0 Å². The minimum atomic E-state index is 0.305. The summed E-state index contributed by atoms with van der Waals surface area (Å²) in [6.07, 6.45) is 2.46. The highest BCUT2D eigenvalue weighted by Gasteiger charge is 2.43. The minimum absolute atomic E-state index is 0.305. The number of benzene rings is 3. The number of fused-ring (bicyclic) bond motifs is 3. The summed E-state index contributed by atoms with van der Waals surface area (Å²) in [5, 5.41) is 0.778. The number of hydrogen-bond acceptors (Lipinski definition) is 2. The standard InChI is InChI=1S/C27H27ClN2/c28-24-13-11-20(12-14-24)19-29-26-23-15-17-30(18-16-23)27(26)25(21-7-3-1-4-8-21)22-9-5-2-6-10-22/h1-14,23,25,27H,15-19H2/b29-26+. The lowest BCUT2D eigenvalue weighted by Crippen LogP contribution is -2.58. The average molecular weight is 415 g/mol. The van der Waals surface area contributed by atoms with Crippen molar-refractivity contribution in [3.63, 3.8) is 0 Å². The fraction of sp³-hybridized carbons (Fsp3) is 0.296. The zero-order valence-electron chi connectivity index (χ0n) is 17.1. The highest BCUT2D eigenvalue weighted by molar-refractivity contribution is 6.30. The fourth-order valence-corrected chi connectivity index (χ4v) is 5.28. The van der Waals surface area contributed by atoms with E-state index < -0.39 is 0 Å². The zero-order chi connectivity index (χ0) is 20.3. The summed E-state index contributed by atoms with van der Waals surface area (Å²) in [5.41, 5.74) is 5.36. The van der Waals surface area contributed by atoms with Crippen molar-refractivity contribution in [2.75, 3.05) is 13.1 Å². The Kier molecular flexibility index (Phi) is 5.70. The number of rotatable bonds is 5. The molecule has 1 atom stereocenters. The Balaban J connectivity index is 1.55. The van der Waals surface area contributed by atoms with E-state index in [-0.39, 0.29) is 0 Å². The highest BCUT2D eigenvalue weighted by atomic mass is 35.5. The second-order valence-corrected chi connectivity index (χ2v) is 8.86. The van der Waals surface area contributed by atoms with E-state index >= 15 is 0 Å². The van der Waals surface area contributed by atoms with E-state index in [2.05, 4.69) is 77.7 Å². The first-order valence-electron chi connectivity index (χ1n) is 10.9. The van der Waals surface area contributed by atoms with Gasteiger partial charge in [-0.25, -0.2) is 0 Å². The minimum Gasteiger partial charge on any atom is -0.294 e. The molecule has 3 aliphatic rings. The van der Waals surface area contributed by atoms with Crippen molar-refractivity contribution in [3.8, 4) is 0 Å². The van der Waals surface area contributed by atoms with Crippen molar-refractivity contribution in [2.24, 2.45) is 10.9 Å². The number of aliphatic imine (C=N–C) groups is 1. The Hall–Kier alpha value is -2.42. The molecule has 0 saturated carbocycles. The quantitative estimate of drug-likeness (QED) is 0.484. The van der Waals surface area contributed by atoms with Gasteiger partial charge in [-0.1, -0.05) is 84.4 Å². The molecule has 0 aromatic heterocycles. The van der Waals surface area contributed by atoms with Gasteiger partial charge in [0.15, 0.2) is 0 Å². The third-order valence-corrected chi connectivity index (χ3v) is 6.89. The first kappa shape index (κ1) is 19.5. The summed E-state index contributed by atoms with van der Waals surface area (Å²) in [6, 6.07) is 30.4. The average Bonchev–Trinajstić information content (AvgIpc) is 2.82. The number of halogens is 1. The maximum absolute atomic E-state index is 6.07. The largest absolute Gasteiger partial charge is 0.294 e. The van der Waals surface area contributed by atoms with Gasteiger partial charge in [0.25, 0.3) is 0 Å². The second kappa shape index (κ2) is 8.75. The third kappa shape index (κ3) is 3.95. The molecule has 1 unspecified atom stereocenters. The molecule has 0 aliphatic carbocycles. The maximum atomic E-state index is 6.07. The van der Waals surface area contributed by atoms with Crippen molar-refractivity contribution in [1.82, 2.24) is 4.90 Å². The summed E-state index contributed by atoms with van der Waals surface area (Å²) in [5.74, 6) is 0.904. The van der Waals surface area contributed by atoms with Crippen LogP contribution >= 0.6 is 11.6 Å². The molecule has 3 saturated heterocycles. The van der Waals surface area contributed by atoms with Gasteiger partial charge in [0.05, 0.1) is 12.6 Å². The summed E-state index contributed by atoms with van der Waals surface area (Å²) in [6.45, 7) is 3.07. The van der Waals surface area contributed by atoms with E-state index in [0.717, 1.165) is 11.6 Å². The molecule has 2 bridgehead atoms. The first-order valence-corrected chi connectivity index (χ1v) is 11.3. The molecule has 152 valence electrons. The van der Waals surface area contributed by atoms with Crippen molar-refractivity contribution < 1.29 is 0 Å². The van der Waals surface area contributed by atoms with Crippen molar-refractivity contribution in [1.29, 1.82) is 0 Å². The van der Waals surface area contributed by atoms with Gasteiger partial charge in [-0.05, 0) is 54.8 Å². The second-order valence-electron chi connectivity index (χ2n) is 8.42. The molecule has 0 spiro atoms. The van der Waals surface area contributed by atoms with E-state index in [4.69, 9.17) is 16.6 Å². The van der Waals surface area contributed by atoms with Crippen molar-refractivity contribution >= 4 is 17.3 Å². The molecule has 0 amide bonds. The van der Waals surface area contributed by atoms with Gasteiger partial charge in [0.2, 0.25) is 0 Å². The van der Waals surface area contributed by atoms with E-state index in [0.29, 0.717) is 17.9 Å². The molecular weight excluding hydrogens is 388 g/mol. The zero-order valence-corrected chi connectivity index (χ0v) is 17.9. The van der Waals surface area contributed by atoms with E-state index in [9.17, 15) is 0 Å². The molecule has 3 aromatic carbocycles. The fourth-order valence-electron chi connectivity index (χ4n) is 5.16. The lowest BCUT2D eigenvalue weighted by atomic mass is 9.72. The molecule has 30 heavy (non-hydrogen) atoms. The van der Waals surface area contributed by atoms with Gasteiger partial charge in [-0.15, -0.1) is 0 Å². The molecule has 0 radical (unpaired) electrons.